The van der Waals surface area contributed by atoms with Gasteiger partial charge in [-0.05, 0) is 25.0 Å². The van der Waals surface area contributed by atoms with Gasteiger partial charge in [-0.15, -0.1) is 11.3 Å². The molecule has 7 heteroatoms. The highest BCUT2D eigenvalue weighted by molar-refractivity contribution is 7.14. The summed E-state index contributed by atoms with van der Waals surface area (Å²) in [6.45, 7) is 0. The van der Waals surface area contributed by atoms with E-state index in [1.807, 2.05) is 5.38 Å². The van der Waals surface area contributed by atoms with Crippen LogP contribution in [0.15, 0.2) is 23.6 Å². The normalized spacial score (nSPS) is 14.2. The van der Waals surface area contributed by atoms with Crippen LogP contribution in [0.4, 0.5) is 10.9 Å². The summed E-state index contributed by atoms with van der Waals surface area (Å²) < 4.78 is 0. The van der Waals surface area contributed by atoms with Gasteiger partial charge in [-0.25, -0.2) is 15.8 Å². The molecule has 6 nitrogen and oxygen atoms in total. The summed E-state index contributed by atoms with van der Waals surface area (Å²) in [4.78, 5) is 20.5. The van der Waals surface area contributed by atoms with Gasteiger partial charge < -0.3 is 5.43 Å². The summed E-state index contributed by atoms with van der Waals surface area (Å²) in [5.41, 5.74) is 3.79. The Bertz CT molecular complexity index is 608. The highest BCUT2D eigenvalue weighted by Crippen LogP contribution is 2.40. The molecule has 0 unspecified atom stereocenters. The van der Waals surface area contributed by atoms with E-state index in [0.29, 0.717) is 22.6 Å². The zero-order chi connectivity index (χ0) is 13.2. The standard InChI is InChI=1S/C12H13N5OS/c13-17-10-3-1-2-8(14-10)11(18)16-12-15-9(6-19-12)7-4-5-7/h1-3,6-7H,4-5,13H2,(H,14,17)(H,15,16,18). The van der Waals surface area contributed by atoms with Gasteiger partial charge in [0, 0.05) is 11.3 Å². The smallest absolute Gasteiger partial charge is 0.276 e. The molecule has 1 amide bonds. The number of nitrogen functional groups attached to an aromatic ring is 1. The largest absolute Gasteiger partial charge is 0.308 e. The van der Waals surface area contributed by atoms with Gasteiger partial charge in [0.05, 0.1) is 5.69 Å². The Labute approximate surface area is 114 Å². The number of nitrogens with zero attached hydrogens (tertiary/aromatic N) is 2. The maximum Gasteiger partial charge on any atom is 0.276 e. The number of nitrogens with one attached hydrogen (secondary N) is 2. The molecule has 1 aliphatic carbocycles. The van der Waals surface area contributed by atoms with Crippen LogP contribution in [-0.2, 0) is 0 Å². The number of hydrogen-bond donors (Lipinski definition) is 3. The quantitative estimate of drug-likeness (QED) is 0.586. The summed E-state index contributed by atoms with van der Waals surface area (Å²) in [6.07, 6.45) is 2.39. The molecule has 98 valence electrons. The van der Waals surface area contributed by atoms with Crippen LogP contribution in [0.2, 0.25) is 0 Å². The van der Waals surface area contributed by atoms with Crippen LogP contribution in [0.1, 0.15) is 34.9 Å². The fourth-order valence-electron chi connectivity index (χ4n) is 1.71. The van der Waals surface area contributed by atoms with E-state index < -0.39 is 0 Å². The van der Waals surface area contributed by atoms with E-state index in [2.05, 4.69) is 20.7 Å². The molecule has 1 saturated carbocycles. The van der Waals surface area contributed by atoms with Gasteiger partial charge in [0.15, 0.2) is 5.13 Å². The number of rotatable bonds is 4. The minimum absolute atomic E-state index is 0.284. The van der Waals surface area contributed by atoms with Crippen molar-refractivity contribution in [2.45, 2.75) is 18.8 Å². The molecule has 2 aromatic rings. The molecule has 0 aromatic carbocycles. The second kappa shape index (κ2) is 4.94. The maximum atomic E-state index is 12.0. The molecule has 0 saturated heterocycles. The van der Waals surface area contributed by atoms with Crippen molar-refractivity contribution in [2.24, 2.45) is 5.84 Å². The van der Waals surface area contributed by atoms with E-state index >= 15 is 0 Å². The topological polar surface area (TPSA) is 92.9 Å². The average molecular weight is 275 g/mol. The monoisotopic (exact) mass is 275 g/mol. The molecule has 1 fully saturated rings. The summed E-state index contributed by atoms with van der Waals surface area (Å²) >= 11 is 1.44. The second-order valence-corrected chi connectivity index (χ2v) is 5.22. The molecule has 1 aliphatic rings. The highest BCUT2D eigenvalue weighted by atomic mass is 32.1. The minimum Gasteiger partial charge on any atom is -0.308 e. The predicted molar refractivity (Wildman–Crippen MR) is 74.1 cm³/mol. The van der Waals surface area contributed by atoms with Crippen molar-refractivity contribution in [1.29, 1.82) is 0 Å². The van der Waals surface area contributed by atoms with E-state index in [-0.39, 0.29) is 5.91 Å². The van der Waals surface area contributed by atoms with Crippen LogP contribution >= 0.6 is 11.3 Å². The Kier molecular flexibility index (Phi) is 3.14. The van der Waals surface area contributed by atoms with Crippen molar-refractivity contribution in [3.63, 3.8) is 0 Å². The maximum absolute atomic E-state index is 12.0. The number of aromatic nitrogens is 2. The van der Waals surface area contributed by atoms with Crippen molar-refractivity contribution in [3.8, 4) is 0 Å². The van der Waals surface area contributed by atoms with Gasteiger partial charge >= 0.3 is 0 Å². The molecular weight excluding hydrogens is 262 g/mol. The average Bonchev–Trinajstić information content (AvgIpc) is 3.19. The number of carbonyl (C=O) groups excluding carboxylic acids is 1. The number of pyridine rings is 1. The molecular formula is C12H13N5OS. The molecule has 0 radical (unpaired) electrons. The Morgan fingerprint density at radius 2 is 2.21 bits per heavy atom. The Hall–Kier alpha value is -1.99. The summed E-state index contributed by atoms with van der Waals surface area (Å²) in [5.74, 6) is 6.01. The fraction of sp³-hybridized carbons (Fsp3) is 0.250. The number of amides is 1. The molecule has 19 heavy (non-hydrogen) atoms. The molecule has 0 aliphatic heterocycles. The Morgan fingerprint density at radius 3 is 2.95 bits per heavy atom. The fourth-order valence-corrected chi connectivity index (χ4v) is 2.50. The van der Waals surface area contributed by atoms with Crippen LogP contribution in [0.5, 0.6) is 0 Å². The molecule has 4 N–H and O–H groups in total. The first-order valence-electron chi connectivity index (χ1n) is 5.96. The van der Waals surface area contributed by atoms with Gasteiger partial charge in [-0.3, -0.25) is 10.1 Å². The van der Waals surface area contributed by atoms with Gasteiger partial charge in [-0.2, -0.15) is 0 Å². The number of thiazole rings is 1. The van der Waals surface area contributed by atoms with Crippen molar-refractivity contribution in [3.05, 3.63) is 35.0 Å². The van der Waals surface area contributed by atoms with Gasteiger partial charge in [0.1, 0.15) is 11.5 Å². The van der Waals surface area contributed by atoms with Crippen molar-refractivity contribution >= 4 is 28.2 Å². The van der Waals surface area contributed by atoms with Crippen LogP contribution in [0.3, 0.4) is 0 Å². The number of nitrogens with two attached hydrogens (primary N) is 1. The number of hydrazine groups is 1. The van der Waals surface area contributed by atoms with E-state index in [1.165, 1.54) is 24.2 Å². The van der Waals surface area contributed by atoms with E-state index in [0.717, 1.165) is 5.69 Å². The zero-order valence-corrected chi connectivity index (χ0v) is 10.9. The Morgan fingerprint density at radius 1 is 1.37 bits per heavy atom. The lowest BCUT2D eigenvalue weighted by molar-refractivity contribution is 0.102. The summed E-state index contributed by atoms with van der Waals surface area (Å²) in [5, 5.41) is 5.36. The summed E-state index contributed by atoms with van der Waals surface area (Å²) in [6, 6.07) is 5.03. The van der Waals surface area contributed by atoms with Gasteiger partial charge in [-0.1, -0.05) is 6.07 Å². The van der Waals surface area contributed by atoms with E-state index in [1.54, 1.807) is 18.2 Å². The first-order chi connectivity index (χ1) is 9.26. The summed E-state index contributed by atoms with van der Waals surface area (Å²) in [7, 11) is 0. The third-order valence-electron chi connectivity index (χ3n) is 2.87. The first-order valence-corrected chi connectivity index (χ1v) is 6.84. The molecule has 0 spiro atoms. The SMILES string of the molecule is NNc1cccc(C(=O)Nc2nc(C3CC3)cs2)n1. The lowest BCUT2D eigenvalue weighted by Crippen LogP contribution is -2.16. The van der Waals surface area contributed by atoms with E-state index in [9.17, 15) is 4.79 Å². The molecule has 2 aromatic heterocycles. The number of anilines is 2. The Balaban J connectivity index is 1.72. The van der Waals surface area contributed by atoms with Crippen molar-refractivity contribution in [1.82, 2.24) is 9.97 Å². The zero-order valence-electron chi connectivity index (χ0n) is 10.1. The second-order valence-electron chi connectivity index (χ2n) is 4.36. The van der Waals surface area contributed by atoms with Crippen LogP contribution in [-0.4, -0.2) is 15.9 Å². The first kappa shape index (κ1) is 12.1. The van der Waals surface area contributed by atoms with Crippen molar-refractivity contribution in [2.75, 3.05) is 10.7 Å². The van der Waals surface area contributed by atoms with Gasteiger partial charge in [0.25, 0.3) is 5.91 Å². The molecule has 3 rings (SSSR count). The minimum atomic E-state index is -0.284. The third-order valence-corrected chi connectivity index (χ3v) is 3.64. The van der Waals surface area contributed by atoms with Crippen molar-refractivity contribution < 1.29 is 4.79 Å². The molecule has 0 atom stereocenters. The molecule has 2 heterocycles. The predicted octanol–water partition coefficient (Wildman–Crippen LogP) is 1.95. The number of carbonyl (C=O) groups is 1. The van der Waals surface area contributed by atoms with Gasteiger partial charge in [0.2, 0.25) is 0 Å². The number of hydrogen-bond acceptors (Lipinski definition) is 6. The van der Waals surface area contributed by atoms with Crippen LogP contribution < -0.4 is 16.6 Å². The lowest BCUT2D eigenvalue weighted by Gasteiger charge is -2.03. The lowest BCUT2D eigenvalue weighted by atomic mass is 10.3. The highest BCUT2D eigenvalue weighted by Gasteiger charge is 2.26. The third kappa shape index (κ3) is 2.72. The van der Waals surface area contributed by atoms with Crippen LogP contribution in [0, 0.1) is 0 Å². The molecule has 0 bridgehead atoms. The van der Waals surface area contributed by atoms with E-state index in [4.69, 9.17) is 5.84 Å². The van der Waals surface area contributed by atoms with Crippen LogP contribution in [0.25, 0.3) is 0 Å².